The van der Waals surface area contributed by atoms with Crippen molar-refractivity contribution in [2.45, 2.75) is 6.54 Å². The van der Waals surface area contributed by atoms with Crippen LogP contribution in [0.1, 0.15) is 0 Å². The molecular weight excluding hydrogens is 182 g/mol. The molecule has 1 N–H and O–H groups in total. The molecule has 0 spiro atoms. The van der Waals surface area contributed by atoms with Crippen LogP contribution in [0.15, 0.2) is 17.1 Å². The normalized spacial score (nSPS) is 14.0. The lowest BCUT2D eigenvalue weighted by Crippen LogP contribution is -2.21. The molecule has 0 unspecified atom stereocenters. The van der Waals surface area contributed by atoms with Crippen molar-refractivity contribution in [3.05, 3.63) is 22.7 Å². The van der Waals surface area contributed by atoms with E-state index in [1.54, 1.807) is 10.6 Å². The predicted octanol–water partition coefficient (Wildman–Crippen LogP) is -0.388. The summed E-state index contributed by atoms with van der Waals surface area (Å²) >= 11 is 0. The van der Waals surface area contributed by atoms with E-state index in [1.165, 1.54) is 6.20 Å². The molecule has 2 aromatic rings. The van der Waals surface area contributed by atoms with Crippen molar-refractivity contribution in [2.75, 3.05) is 11.9 Å². The lowest BCUT2D eigenvalue weighted by Gasteiger charge is -2.02. The number of aromatic nitrogens is 4. The van der Waals surface area contributed by atoms with E-state index in [9.17, 15) is 4.79 Å². The summed E-state index contributed by atoms with van der Waals surface area (Å²) in [6.45, 7) is 1.39. The summed E-state index contributed by atoms with van der Waals surface area (Å²) in [5, 5.41) is 10.8. The Hall–Kier alpha value is -1.98. The highest BCUT2D eigenvalue weighted by Crippen LogP contribution is 2.19. The fourth-order valence-corrected chi connectivity index (χ4v) is 1.64. The molecule has 6 nitrogen and oxygen atoms in total. The Morgan fingerprint density at radius 1 is 1.50 bits per heavy atom. The van der Waals surface area contributed by atoms with Gasteiger partial charge in [-0.05, 0) is 6.07 Å². The minimum atomic E-state index is -0.231. The third kappa shape index (κ3) is 0.847. The molecule has 2 aromatic heterocycles. The summed E-state index contributed by atoms with van der Waals surface area (Å²) in [4.78, 5) is 15.4. The van der Waals surface area contributed by atoms with Crippen molar-refractivity contribution in [1.29, 1.82) is 0 Å². The van der Waals surface area contributed by atoms with Gasteiger partial charge < -0.3 is 5.32 Å². The Balaban J connectivity index is 2.52. The molecule has 0 bridgehead atoms. The number of anilines is 1. The Kier molecular flexibility index (Phi) is 1.33. The number of nitrogens with zero attached hydrogens (tertiary/aromatic N) is 4. The Labute approximate surface area is 78.6 Å². The lowest BCUT2D eigenvalue weighted by molar-refractivity contribution is 0.748. The van der Waals surface area contributed by atoms with Crippen LogP contribution >= 0.6 is 0 Å². The Bertz CT molecular complexity index is 561. The van der Waals surface area contributed by atoms with Crippen LogP contribution in [0, 0.1) is 0 Å². The molecule has 70 valence electrons. The van der Waals surface area contributed by atoms with Gasteiger partial charge in [-0.2, -0.15) is 10.1 Å². The molecule has 0 amide bonds. The summed E-state index contributed by atoms with van der Waals surface area (Å²) in [5.74, 6) is 0.730. The highest BCUT2D eigenvalue weighted by atomic mass is 16.1. The Morgan fingerprint density at radius 2 is 2.43 bits per heavy atom. The van der Waals surface area contributed by atoms with Crippen LogP contribution in [0.5, 0.6) is 0 Å². The highest BCUT2D eigenvalue weighted by molar-refractivity contribution is 5.84. The average Bonchev–Trinajstić information content (AvgIpc) is 2.67. The van der Waals surface area contributed by atoms with Crippen LogP contribution in [-0.2, 0) is 6.54 Å². The van der Waals surface area contributed by atoms with Crippen LogP contribution in [0.25, 0.3) is 11.0 Å². The van der Waals surface area contributed by atoms with E-state index in [0.717, 1.165) is 12.4 Å². The minimum absolute atomic E-state index is 0.231. The largest absolute Gasteiger partial charge is 0.368 e. The van der Waals surface area contributed by atoms with Gasteiger partial charge in [0.2, 0.25) is 0 Å². The highest BCUT2D eigenvalue weighted by Gasteiger charge is 2.16. The number of nitrogens with one attached hydrogen (secondary N) is 1. The molecule has 0 aromatic carbocycles. The summed E-state index contributed by atoms with van der Waals surface area (Å²) in [7, 11) is 0. The van der Waals surface area contributed by atoms with Crippen LogP contribution in [0.2, 0.25) is 0 Å². The number of rotatable bonds is 0. The third-order valence-electron chi connectivity index (χ3n) is 2.27. The maximum absolute atomic E-state index is 11.5. The number of hydrogen-bond donors (Lipinski definition) is 1. The first-order valence-corrected chi connectivity index (χ1v) is 4.32. The minimum Gasteiger partial charge on any atom is -0.368 e. The molecule has 0 atom stereocenters. The summed E-state index contributed by atoms with van der Waals surface area (Å²) in [6, 6.07) is 1.69. The molecule has 0 fully saturated rings. The lowest BCUT2D eigenvalue weighted by atomic mass is 10.4. The fourth-order valence-electron chi connectivity index (χ4n) is 1.64. The van der Waals surface area contributed by atoms with Gasteiger partial charge in [0, 0.05) is 13.1 Å². The van der Waals surface area contributed by atoms with Gasteiger partial charge in [-0.1, -0.05) is 0 Å². The van der Waals surface area contributed by atoms with Gasteiger partial charge >= 0.3 is 5.69 Å². The second kappa shape index (κ2) is 2.50. The first-order chi connectivity index (χ1) is 6.86. The van der Waals surface area contributed by atoms with Crippen LogP contribution in [-0.4, -0.2) is 26.3 Å². The van der Waals surface area contributed by atoms with E-state index in [-0.39, 0.29) is 5.69 Å². The molecule has 0 saturated carbocycles. The zero-order valence-electron chi connectivity index (χ0n) is 7.27. The summed E-state index contributed by atoms with van der Waals surface area (Å²) in [5.41, 5.74) is 1.01. The van der Waals surface area contributed by atoms with Crippen molar-refractivity contribution in [2.24, 2.45) is 0 Å². The van der Waals surface area contributed by atoms with E-state index in [2.05, 4.69) is 20.5 Å². The monoisotopic (exact) mass is 189 g/mol. The van der Waals surface area contributed by atoms with E-state index >= 15 is 0 Å². The Morgan fingerprint density at radius 3 is 3.36 bits per heavy atom. The molecule has 14 heavy (non-hydrogen) atoms. The van der Waals surface area contributed by atoms with Crippen LogP contribution in [0.3, 0.4) is 0 Å². The maximum Gasteiger partial charge on any atom is 0.349 e. The first-order valence-electron chi connectivity index (χ1n) is 4.32. The van der Waals surface area contributed by atoms with Crippen LogP contribution < -0.4 is 11.0 Å². The first kappa shape index (κ1) is 7.43. The molecule has 0 saturated heterocycles. The molecule has 1 aliphatic rings. The average molecular weight is 189 g/mol. The summed E-state index contributed by atoms with van der Waals surface area (Å²) < 4.78 is 1.58. The smallest absolute Gasteiger partial charge is 0.349 e. The van der Waals surface area contributed by atoms with Gasteiger partial charge in [0.15, 0.2) is 5.52 Å². The van der Waals surface area contributed by atoms with Crippen molar-refractivity contribution in [3.63, 3.8) is 0 Å². The van der Waals surface area contributed by atoms with Crippen molar-refractivity contribution >= 4 is 16.9 Å². The molecule has 6 heteroatoms. The van der Waals surface area contributed by atoms with Gasteiger partial charge in [-0.3, -0.25) is 4.57 Å². The SMILES string of the molecule is O=c1nc2ccnnc2c2n1CCN2. The van der Waals surface area contributed by atoms with Crippen molar-refractivity contribution in [1.82, 2.24) is 19.7 Å². The van der Waals surface area contributed by atoms with Crippen molar-refractivity contribution in [3.8, 4) is 0 Å². The van der Waals surface area contributed by atoms with Crippen molar-refractivity contribution < 1.29 is 0 Å². The zero-order chi connectivity index (χ0) is 9.54. The second-order valence-electron chi connectivity index (χ2n) is 3.09. The van der Waals surface area contributed by atoms with Gasteiger partial charge in [0.05, 0.1) is 6.20 Å². The van der Waals surface area contributed by atoms with Gasteiger partial charge in [0.25, 0.3) is 0 Å². The standard InChI is InChI=1S/C8H7N5O/c14-8-11-5-1-2-10-12-6(5)7-9-3-4-13(7)8/h1-2,9H,3-4H2. The number of fused-ring (bicyclic) bond motifs is 3. The zero-order valence-corrected chi connectivity index (χ0v) is 7.27. The van der Waals surface area contributed by atoms with Gasteiger partial charge in [-0.15, -0.1) is 5.10 Å². The van der Waals surface area contributed by atoms with E-state index in [4.69, 9.17) is 0 Å². The summed E-state index contributed by atoms with van der Waals surface area (Å²) in [6.07, 6.45) is 1.53. The topological polar surface area (TPSA) is 72.7 Å². The molecule has 0 aliphatic carbocycles. The molecule has 0 radical (unpaired) electrons. The quantitative estimate of drug-likeness (QED) is 0.611. The van der Waals surface area contributed by atoms with E-state index < -0.39 is 0 Å². The second-order valence-corrected chi connectivity index (χ2v) is 3.09. The fraction of sp³-hybridized carbons (Fsp3) is 0.250. The number of hydrogen-bond acceptors (Lipinski definition) is 5. The predicted molar refractivity (Wildman–Crippen MR) is 50.1 cm³/mol. The molecule has 3 heterocycles. The van der Waals surface area contributed by atoms with Gasteiger partial charge in [-0.25, -0.2) is 4.79 Å². The molecule has 1 aliphatic heterocycles. The van der Waals surface area contributed by atoms with E-state index in [1.807, 2.05) is 0 Å². The van der Waals surface area contributed by atoms with Crippen LogP contribution in [0.4, 0.5) is 5.82 Å². The van der Waals surface area contributed by atoms with Gasteiger partial charge in [0.1, 0.15) is 11.3 Å². The van der Waals surface area contributed by atoms with E-state index in [0.29, 0.717) is 17.6 Å². The molecule has 3 rings (SSSR count). The third-order valence-corrected chi connectivity index (χ3v) is 2.27. The molecular formula is C8H7N5O. The maximum atomic E-state index is 11.5.